The minimum absolute atomic E-state index is 0.0654. The molecule has 2 aromatic carbocycles. The van der Waals surface area contributed by atoms with Gasteiger partial charge in [-0.05, 0) is 43.2 Å². The first-order chi connectivity index (χ1) is 14.8. The molecule has 0 unspecified atom stereocenters. The van der Waals surface area contributed by atoms with E-state index in [2.05, 4.69) is 0 Å². The summed E-state index contributed by atoms with van der Waals surface area (Å²) in [6.45, 7) is 6.23. The average Bonchev–Trinajstić information content (AvgIpc) is 2.76. The Morgan fingerprint density at radius 1 is 0.935 bits per heavy atom. The molecule has 0 aliphatic rings. The Hall–Kier alpha value is -3.35. The van der Waals surface area contributed by atoms with Crippen LogP contribution in [0.15, 0.2) is 29.8 Å². The number of ketones is 1. The molecule has 0 saturated carbocycles. The lowest BCUT2D eigenvalue weighted by Crippen LogP contribution is -2.10. The van der Waals surface area contributed by atoms with Crippen molar-refractivity contribution in [3.8, 4) is 28.7 Å². The summed E-state index contributed by atoms with van der Waals surface area (Å²) in [5, 5.41) is 0. The fourth-order valence-electron chi connectivity index (χ4n) is 3.25. The van der Waals surface area contributed by atoms with Crippen LogP contribution in [0, 0.1) is 5.92 Å². The number of carbonyl (C=O) groups excluding carboxylic acids is 1. The molecule has 0 radical (unpaired) electrons. The molecule has 0 spiro atoms. The molecule has 0 bridgehead atoms. The molecule has 7 nitrogen and oxygen atoms in total. The van der Waals surface area contributed by atoms with E-state index in [1.807, 2.05) is 20.8 Å². The van der Waals surface area contributed by atoms with Crippen molar-refractivity contribution in [1.29, 1.82) is 0 Å². The van der Waals surface area contributed by atoms with Gasteiger partial charge in [0.15, 0.2) is 17.3 Å². The van der Waals surface area contributed by atoms with Crippen molar-refractivity contribution in [3.05, 3.63) is 41.0 Å². The Bertz CT molecular complexity index is 965. The number of hydrogen-bond acceptors (Lipinski definition) is 7. The van der Waals surface area contributed by atoms with E-state index in [-0.39, 0.29) is 11.7 Å². The van der Waals surface area contributed by atoms with E-state index in [0.717, 1.165) is 0 Å². The number of hydrogen-bond donors (Lipinski definition) is 1. The van der Waals surface area contributed by atoms with Gasteiger partial charge in [-0.15, -0.1) is 0 Å². The molecule has 2 N–H and O–H groups in total. The Morgan fingerprint density at radius 2 is 1.58 bits per heavy atom. The highest BCUT2D eigenvalue weighted by molar-refractivity contribution is 6.12. The first-order valence-electron chi connectivity index (χ1n) is 9.98. The van der Waals surface area contributed by atoms with Gasteiger partial charge in [-0.1, -0.05) is 13.8 Å². The standard InChI is InChI=1S/C24H31NO6/c1-8-31-19-12-15(9-10-18(19)25)21(26)17(14(2)3)11-16-13-20(27-4)23(29-6)24(30-7)22(16)28-5/h9-14H,8,25H2,1-7H3. The molecule has 2 aromatic rings. The Balaban J connectivity index is 2.66. The molecule has 0 heterocycles. The zero-order valence-corrected chi connectivity index (χ0v) is 19.2. The Labute approximate surface area is 183 Å². The minimum atomic E-state index is -0.133. The molecule has 0 aromatic heterocycles. The van der Waals surface area contributed by atoms with Crippen LogP contribution in [0.5, 0.6) is 28.7 Å². The van der Waals surface area contributed by atoms with Crippen molar-refractivity contribution in [2.45, 2.75) is 20.8 Å². The second kappa shape index (κ2) is 10.6. The van der Waals surface area contributed by atoms with Crippen LogP contribution in [0.4, 0.5) is 5.69 Å². The van der Waals surface area contributed by atoms with E-state index in [1.165, 1.54) is 28.4 Å². The van der Waals surface area contributed by atoms with Gasteiger partial charge in [-0.3, -0.25) is 4.79 Å². The van der Waals surface area contributed by atoms with Gasteiger partial charge in [0.2, 0.25) is 11.5 Å². The van der Waals surface area contributed by atoms with Crippen molar-refractivity contribution < 1.29 is 28.5 Å². The monoisotopic (exact) mass is 429 g/mol. The van der Waals surface area contributed by atoms with Gasteiger partial charge < -0.3 is 29.4 Å². The number of ether oxygens (including phenoxy) is 5. The second-order valence-corrected chi connectivity index (χ2v) is 7.04. The van der Waals surface area contributed by atoms with Crippen molar-refractivity contribution >= 4 is 17.5 Å². The zero-order chi connectivity index (χ0) is 23.1. The van der Waals surface area contributed by atoms with Crippen LogP contribution >= 0.6 is 0 Å². The predicted molar refractivity (Wildman–Crippen MR) is 122 cm³/mol. The molecule has 0 fully saturated rings. The Morgan fingerprint density at radius 3 is 2.10 bits per heavy atom. The van der Waals surface area contributed by atoms with Crippen LogP contribution in [-0.2, 0) is 0 Å². The van der Waals surface area contributed by atoms with Crippen LogP contribution in [0.1, 0.15) is 36.7 Å². The third kappa shape index (κ3) is 5.05. The maximum absolute atomic E-state index is 13.4. The molecule has 168 valence electrons. The summed E-state index contributed by atoms with van der Waals surface area (Å²) in [5.41, 5.74) is 8.15. The van der Waals surface area contributed by atoms with Crippen molar-refractivity contribution in [1.82, 2.24) is 0 Å². The molecule has 0 atom stereocenters. The summed E-state index contributed by atoms with van der Waals surface area (Å²) in [4.78, 5) is 13.4. The number of Topliss-reactive ketones (excluding diaryl/α,β-unsaturated/α-hetero) is 1. The molecule has 2 rings (SSSR count). The van der Waals surface area contributed by atoms with Crippen LogP contribution in [-0.4, -0.2) is 40.8 Å². The van der Waals surface area contributed by atoms with E-state index in [9.17, 15) is 4.79 Å². The number of carbonyl (C=O) groups is 1. The van der Waals surface area contributed by atoms with Crippen LogP contribution in [0.2, 0.25) is 0 Å². The lowest BCUT2D eigenvalue weighted by molar-refractivity contribution is 0.102. The van der Waals surface area contributed by atoms with Crippen molar-refractivity contribution in [2.75, 3.05) is 40.8 Å². The normalized spacial score (nSPS) is 11.3. The van der Waals surface area contributed by atoms with E-state index in [4.69, 9.17) is 29.4 Å². The molecule has 31 heavy (non-hydrogen) atoms. The predicted octanol–water partition coefficient (Wildman–Crippen LogP) is 4.62. The number of rotatable bonds is 10. The van der Waals surface area contributed by atoms with E-state index >= 15 is 0 Å². The number of nitrogens with two attached hydrogens (primary N) is 1. The second-order valence-electron chi connectivity index (χ2n) is 7.04. The fourth-order valence-corrected chi connectivity index (χ4v) is 3.25. The van der Waals surface area contributed by atoms with Crippen molar-refractivity contribution in [3.63, 3.8) is 0 Å². The third-order valence-electron chi connectivity index (χ3n) is 4.79. The Kier molecular flexibility index (Phi) is 8.19. The summed E-state index contributed by atoms with van der Waals surface area (Å²) in [5.74, 6) is 2.00. The summed E-state index contributed by atoms with van der Waals surface area (Å²) < 4.78 is 27.5. The van der Waals surface area contributed by atoms with Crippen molar-refractivity contribution in [2.24, 2.45) is 5.92 Å². The average molecular weight is 430 g/mol. The molecule has 0 aliphatic heterocycles. The summed E-state index contributed by atoms with van der Waals surface area (Å²) in [6, 6.07) is 6.80. The third-order valence-corrected chi connectivity index (χ3v) is 4.79. The molecule has 0 aliphatic carbocycles. The molecular formula is C24H31NO6. The SMILES string of the molecule is CCOc1cc(C(=O)C(=Cc2cc(OC)c(OC)c(OC)c2OC)C(C)C)ccc1N. The lowest BCUT2D eigenvalue weighted by Gasteiger charge is -2.19. The number of nitrogen functional groups attached to an aromatic ring is 1. The topological polar surface area (TPSA) is 89.2 Å². The van der Waals surface area contributed by atoms with Gasteiger partial charge in [-0.25, -0.2) is 0 Å². The van der Waals surface area contributed by atoms with Gasteiger partial charge in [0.05, 0.1) is 40.7 Å². The minimum Gasteiger partial charge on any atom is -0.493 e. The first-order valence-corrected chi connectivity index (χ1v) is 9.98. The number of methoxy groups -OCH3 is 4. The summed E-state index contributed by atoms with van der Waals surface area (Å²) in [7, 11) is 6.11. The molecule has 0 saturated heterocycles. The van der Waals surface area contributed by atoms with Crippen LogP contribution < -0.4 is 29.4 Å². The lowest BCUT2D eigenvalue weighted by atomic mass is 9.92. The van der Waals surface area contributed by atoms with Gasteiger partial charge >= 0.3 is 0 Å². The van der Waals surface area contributed by atoms with Crippen LogP contribution in [0.3, 0.4) is 0 Å². The largest absolute Gasteiger partial charge is 0.493 e. The number of benzene rings is 2. The highest BCUT2D eigenvalue weighted by Crippen LogP contribution is 2.47. The maximum atomic E-state index is 13.4. The molecule has 0 amide bonds. The number of allylic oxidation sites excluding steroid dienone is 1. The fraction of sp³-hybridized carbons (Fsp3) is 0.375. The first kappa shape index (κ1) is 23.9. The summed E-state index contributed by atoms with van der Waals surface area (Å²) in [6.07, 6.45) is 1.78. The summed E-state index contributed by atoms with van der Waals surface area (Å²) >= 11 is 0. The highest BCUT2D eigenvalue weighted by atomic mass is 16.5. The molecule has 7 heteroatoms. The number of anilines is 1. The van der Waals surface area contributed by atoms with Crippen LogP contribution in [0.25, 0.3) is 6.08 Å². The van der Waals surface area contributed by atoms with Gasteiger partial charge in [0.1, 0.15) is 5.75 Å². The van der Waals surface area contributed by atoms with Gasteiger partial charge in [-0.2, -0.15) is 0 Å². The maximum Gasteiger partial charge on any atom is 0.207 e. The molecular weight excluding hydrogens is 398 g/mol. The van der Waals surface area contributed by atoms with E-state index in [0.29, 0.717) is 57.7 Å². The zero-order valence-electron chi connectivity index (χ0n) is 19.2. The quantitative estimate of drug-likeness (QED) is 0.335. The van der Waals surface area contributed by atoms with Gasteiger partial charge in [0, 0.05) is 16.7 Å². The van der Waals surface area contributed by atoms with E-state index in [1.54, 1.807) is 30.3 Å². The van der Waals surface area contributed by atoms with E-state index < -0.39 is 0 Å². The van der Waals surface area contributed by atoms with Gasteiger partial charge in [0.25, 0.3) is 0 Å². The smallest absolute Gasteiger partial charge is 0.207 e. The highest BCUT2D eigenvalue weighted by Gasteiger charge is 2.23.